The van der Waals surface area contributed by atoms with Crippen LogP contribution < -0.4 is 5.73 Å². The molecule has 104 valence electrons. The van der Waals surface area contributed by atoms with E-state index >= 15 is 0 Å². The van der Waals surface area contributed by atoms with Crippen molar-refractivity contribution in [2.75, 3.05) is 13.6 Å². The molecule has 0 spiro atoms. The average Bonchev–Trinajstić information content (AvgIpc) is 2.27. The molecule has 7 nitrogen and oxygen atoms in total. The number of carboxylic acids is 1. The van der Waals surface area contributed by atoms with E-state index in [0.717, 1.165) is 19.2 Å². The number of halogens is 1. The van der Waals surface area contributed by atoms with Crippen LogP contribution in [-0.2, 0) is 14.8 Å². The van der Waals surface area contributed by atoms with Gasteiger partial charge in [0, 0.05) is 7.05 Å². The monoisotopic (exact) mass is 290 g/mol. The Hall–Kier alpha value is -2.00. The van der Waals surface area contributed by atoms with Gasteiger partial charge in [0.25, 0.3) is 0 Å². The number of carbonyl (C=O) groups excluding carboxylic acids is 1. The molecule has 1 aromatic rings. The molecule has 0 unspecified atom stereocenters. The Bertz CT molecular complexity index is 629. The van der Waals surface area contributed by atoms with Gasteiger partial charge in [-0.25, -0.2) is 17.6 Å². The molecule has 1 amide bonds. The summed E-state index contributed by atoms with van der Waals surface area (Å²) in [5, 5.41) is 8.64. The van der Waals surface area contributed by atoms with Crippen molar-refractivity contribution in [2.45, 2.75) is 4.90 Å². The number of hydrogen-bond acceptors (Lipinski definition) is 4. The number of rotatable bonds is 5. The van der Waals surface area contributed by atoms with E-state index in [-0.39, 0.29) is 5.56 Å². The molecule has 0 aliphatic rings. The lowest BCUT2D eigenvalue weighted by Gasteiger charge is -2.15. The van der Waals surface area contributed by atoms with Gasteiger partial charge >= 0.3 is 5.97 Å². The van der Waals surface area contributed by atoms with Gasteiger partial charge in [-0.1, -0.05) is 0 Å². The maximum Gasteiger partial charge on any atom is 0.335 e. The lowest BCUT2D eigenvalue weighted by molar-refractivity contribution is -0.118. The Morgan fingerprint density at radius 3 is 2.42 bits per heavy atom. The van der Waals surface area contributed by atoms with Gasteiger partial charge in [0.15, 0.2) is 0 Å². The van der Waals surface area contributed by atoms with Gasteiger partial charge in [0.05, 0.1) is 12.1 Å². The highest BCUT2D eigenvalue weighted by Gasteiger charge is 2.26. The first-order chi connectivity index (χ1) is 8.66. The molecular weight excluding hydrogens is 279 g/mol. The molecule has 1 rings (SSSR count). The molecule has 3 N–H and O–H groups in total. The van der Waals surface area contributed by atoms with Crippen molar-refractivity contribution >= 4 is 21.9 Å². The second-order valence-corrected chi connectivity index (χ2v) is 5.69. The van der Waals surface area contributed by atoms with Crippen molar-refractivity contribution in [3.8, 4) is 0 Å². The molecular formula is C10H11FN2O5S. The van der Waals surface area contributed by atoms with Crippen LogP contribution in [0.3, 0.4) is 0 Å². The van der Waals surface area contributed by atoms with E-state index in [4.69, 9.17) is 10.8 Å². The Morgan fingerprint density at radius 2 is 2.00 bits per heavy atom. The number of amides is 1. The van der Waals surface area contributed by atoms with Gasteiger partial charge in [-0.05, 0) is 18.2 Å². The molecule has 0 aliphatic carbocycles. The summed E-state index contributed by atoms with van der Waals surface area (Å²) >= 11 is 0. The minimum absolute atomic E-state index is 0.381. The van der Waals surface area contributed by atoms with E-state index in [1.165, 1.54) is 0 Å². The number of carbonyl (C=O) groups is 2. The van der Waals surface area contributed by atoms with Crippen molar-refractivity contribution in [2.24, 2.45) is 5.73 Å². The molecule has 9 heteroatoms. The molecule has 0 atom stereocenters. The van der Waals surface area contributed by atoms with Crippen molar-refractivity contribution in [3.63, 3.8) is 0 Å². The average molecular weight is 290 g/mol. The van der Waals surface area contributed by atoms with Crippen molar-refractivity contribution in [1.82, 2.24) is 4.31 Å². The molecule has 0 heterocycles. The number of primary amides is 1. The maximum absolute atomic E-state index is 13.6. The molecule has 0 radical (unpaired) electrons. The van der Waals surface area contributed by atoms with Gasteiger partial charge in [0.2, 0.25) is 15.9 Å². The molecule has 19 heavy (non-hydrogen) atoms. The summed E-state index contributed by atoms with van der Waals surface area (Å²) < 4.78 is 38.0. The maximum atomic E-state index is 13.6. The standard InChI is InChI=1S/C10H11FN2O5S/c1-13(5-9(12)14)19(17,18)8-3-2-6(10(15)16)4-7(8)11/h2-4H,5H2,1H3,(H2,12,14)(H,15,16). The predicted molar refractivity (Wildman–Crippen MR) is 62.4 cm³/mol. The molecule has 0 aromatic heterocycles. The fourth-order valence-corrected chi connectivity index (χ4v) is 2.49. The highest BCUT2D eigenvalue weighted by molar-refractivity contribution is 7.89. The number of nitrogens with zero attached hydrogens (tertiary/aromatic N) is 1. The van der Waals surface area contributed by atoms with Gasteiger partial charge in [-0.15, -0.1) is 0 Å². The van der Waals surface area contributed by atoms with Crippen LogP contribution in [0.5, 0.6) is 0 Å². The second kappa shape index (κ2) is 5.33. The molecule has 0 saturated carbocycles. The minimum atomic E-state index is -4.24. The minimum Gasteiger partial charge on any atom is -0.478 e. The fraction of sp³-hybridized carbons (Fsp3) is 0.200. The van der Waals surface area contributed by atoms with Crippen LogP contribution in [0.25, 0.3) is 0 Å². The number of sulfonamides is 1. The summed E-state index contributed by atoms with van der Waals surface area (Å²) in [5.74, 6) is -3.49. The van der Waals surface area contributed by atoms with E-state index in [2.05, 4.69) is 0 Å². The van der Waals surface area contributed by atoms with E-state index < -0.39 is 39.2 Å². The number of aromatic carboxylic acids is 1. The van der Waals surface area contributed by atoms with Crippen LogP contribution in [0.4, 0.5) is 4.39 Å². The quantitative estimate of drug-likeness (QED) is 0.767. The lowest BCUT2D eigenvalue weighted by Crippen LogP contribution is -2.35. The fourth-order valence-electron chi connectivity index (χ4n) is 1.32. The van der Waals surface area contributed by atoms with Crippen molar-refractivity contribution < 1.29 is 27.5 Å². The highest BCUT2D eigenvalue weighted by atomic mass is 32.2. The summed E-state index contributed by atoms with van der Waals surface area (Å²) in [6, 6.07) is 2.37. The molecule has 0 saturated heterocycles. The third-order valence-corrected chi connectivity index (χ3v) is 4.08. The summed E-state index contributed by atoms with van der Waals surface area (Å²) in [5.41, 5.74) is 4.47. The molecule has 1 aromatic carbocycles. The number of nitrogens with two attached hydrogens (primary N) is 1. The first-order valence-corrected chi connectivity index (χ1v) is 6.37. The summed E-state index contributed by atoms with van der Waals surface area (Å²) in [6.45, 7) is -0.609. The van der Waals surface area contributed by atoms with Crippen LogP contribution in [0.15, 0.2) is 23.1 Å². The van der Waals surface area contributed by atoms with E-state index in [9.17, 15) is 22.4 Å². The zero-order valence-electron chi connectivity index (χ0n) is 9.83. The predicted octanol–water partition coefficient (Wildman–Crippen LogP) is -0.370. The van der Waals surface area contributed by atoms with Crippen LogP contribution in [-0.4, -0.2) is 43.3 Å². The van der Waals surface area contributed by atoms with Crippen molar-refractivity contribution in [3.05, 3.63) is 29.6 Å². The van der Waals surface area contributed by atoms with E-state index in [1.54, 1.807) is 0 Å². The smallest absolute Gasteiger partial charge is 0.335 e. The first kappa shape index (κ1) is 15.1. The Morgan fingerprint density at radius 1 is 1.42 bits per heavy atom. The Kier molecular flexibility index (Phi) is 4.22. The van der Waals surface area contributed by atoms with Gasteiger partial charge in [-0.3, -0.25) is 4.79 Å². The lowest BCUT2D eigenvalue weighted by atomic mass is 10.2. The van der Waals surface area contributed by atoms with Crippen LogP contribution in [0, 0.1) is 5.82 Å². The zero-order chi connectivity index (χ0) is 14.8. The first-order valence-electron chi connectivity index (χ1n) is 4.93. The van der Waals surface area contributed by atoms with Crippen LogP contribution in [0.1, 0.15) is 10.4 Å². The molecule has 0 bridgehead atoms. The van der Waals surface area contributed by atoms with Gasteiger partial charge in [0.1, 0.15) is 10.7 Å². The van der Waals surface area contributed by atoms with Crippen LogP contribution >= 0.6 is 0 Å². The van der Waals surface area contributed by atoms with Gasteiger partial charge in [-0.2, -0.15) is 4.31 Å². The molecule has 0 aliphatic heterocycles. The zero-order valence-corrected chi connectivity index (χ0v) is 10.6. The number of likely N-dealkylation sites (N-methyl/N-ethyl adjacent to an activating group) is 1. The Labute approximate surface area is 108 Å². The Balaban J connectivity index is 3.22. The SMILES string of the molecule is CN(CC(N)=O)S(=O)(=O)c1ccc(C(=O)O)cc1F. The number of hydrogen-bond donors (Lipinski definition) is 2. The normalized spacial score (nSPS) is 11.5. The molecule has 0 fully saturated rings. The van der Waals surface area contributed by atoms with E-state index in [0.29, 0.717) is 10.4 Å². The second-order valence-electron chi connectivity index (χ2n) is 3.68. The third kappa shape index (κ3) is 3.26. The summed E-state index contributed by atoms with van der Waals surface area (Å²) in [7, 11) is -3.18. The topological polar surface area (TPSA) is 118 Å². The number of carboxylic acid groups (broad SMARTS) is 1. The summed E-state index contributed by atoms with van der Waals surface area (Å²) in [6.07, 6.45) is 0. The van der Waals surface area contributed by atoms with Gasteiger partial charge < -0.3 is 10.8 Å². The summed E-state index contributed by atoms with van der Waals surface area (Å²) in [4.78, 5) is 20.5. The third-order valence-electron chi connectivity index (χ3n) is 2.25. The highest BCUT2D eigenvalue weighted by Crippen LogP contribution is 2.19. The van der Waals surface area contributed by atoms with E-state index in [1.807, 2.05) is 0 Å². The van der Waals surface area contributed by atoms with Crippen LogP contribution in [0.2, 0.25) is 0 Å². The largest absolute Gasteiger partial charge is 0.478 e. The van der Waals surface area contributed by atoms with Crippen molar-refractivity contribution in [1.29, 1.82) is 0 Å². The number of benzene rings is 1.